The minimum atomic E-state index is -0.427. The van der Waals surface area contributed by atoms with Crippen molar-refractivity contribution in [2.45, 2.75) is 25.9 Å². The van der Waals surface area contributed by atoms with Crippen molar-refractivity contribution in [2.24, 2.45) is 5.92 Å². The van der Waals surface area contributed by atoms with Crippen LogP contribution in [0.4, 0.5) is 5.69 Å². The lowest BCUT2D eigenvalue weighted by Crippen LogP contribution is -2.37. The van der Waals surface area contributed by atoms with Gasteiger partial charge in [-0.2, -0.15) is 0 Å². The van der Waals surface area contributed by atoms with Crippen molar-refractivity contribution >= 4 is 21.6 Å². The van der Waals surface area contributed by atoms with Crippen molar-refractivity contribution in [1.82, 2.24) is 4.90 Å². The molecule has 1 heterocycles. The Morgan fingerprint density at radius 2 is 2.00 bits per heavy atom. The summed E-state index contributed by atoms with van der Waals surface area (Å²) >= 11 is 3.57. The van der Waals surface area contributed by atoms with Crippen LogP contribution < -0.4 is 4.90 Å². The number of aliphatic hydroxyl groups is 1. The van der Waals surface area contributed by atoms with Crippen LogP contribution in [0.15, 0.2) is 22.7 Å². The lowest BCUT2D eigenvalue weighted by atomic mass is 9.96. The zero-order chi connectivity index (χ0) is 14.7. The molecule has 1 aromatic carbocycles. The van der Waals surface area contributed by atoms with Gasteiger partial charge in [-0.1, -0.05) is 22.0 Å². The number of nitrogens with zero attached hydrogens (tertiary/aromatic N) is 2. The molecular formula is C16H25BrN2O. The quantitative estimate of drug-likeness (QED) is 0.911. The molecule has 1 unspecified atom stereocenters. The van der Waals surface area contributed by atoms with Crippen LogP contribution in [-0.2, 0) is 0 Å². The Balaban J connectivity index is 1.98. The molecule has 0 aromatic heterocycles. The topological polar surface area (TPSA) is 26.7 Å². The molecular weight excluding hydrogens is 316 g/mol. The van der Waals surface area contributed by atoms with E-state index in [1.165, 1.54) is 25.1 Å². The predicted octanol–water partition coefficient (Wildman–Crippen LogP) is 3.28. The normalized spacial score (nSPS) is 18.6. The molecule has 3 nitrogen and oxygen atoms in total. The molecule has 2 rings (SSSR count). The van der Waals surface area contributed by atoms with Crippen molar-refractivity contribution in [3.63, 3.8) is 0 Å². The Kier molecular flexibility index (Phi) is 5.47. The second kappa shape index (κ2) is 6.92. The van der Waals surface area contributed by atoms with Gasteiger partial charge < -0.3 is 14.9 Å². The van der Waals surface area contributed by atoms with E-state index in [-0.39, 0.29) is 0 Å². The van der Waals surface area contributed by atoms with Crippen LogP contribution in [0, 0.1) is 5.92 Å². The molecule has 0 radical (unpaired) electrons. The first kappa shape index (κ1) is 15.8. The van der Waals surface area contributed by atoms with Crippen molar-refractivity contribution in [3.05, 3.63) is 28.2 Å². The summed E-state index contributed by atoms with van der Waals surface area (Å²) in [6, 6.07) is 6.28. The van der Waals surface area contributed by atoms with Gasteiger partial charge in [-0.3, -0.25) is 0 Å². The van der Waals surface area contributed by atoms with Gasteiger partial charge in [-0.15, -0.1) is 0 Å². The minimum Gasteiger partial charge on any atom is -0.389 e. The zero-order valence-corrected chi connectivity index (χ0v) is 14.2. The summed E-state index contributed by atoms with van der Waals surface area (Å²) in [5, 5.41) is 9.68. The van der Waals surface area contributed by atoms with Crippen LogP contribution in [0.3, 0.4) is 0 Å². The van der Waals surface area contributed by atoms with Gasteiger partial charge in [-0.25, -0.2) is 0 Å². The largest absolute Gasteiger partial charge is 0.389 e. The molecule has 1 aliphatic heterocycles. The van der Waals surface area contributed by atoms with Crippen molar-refractivity contribution < 1.29 is 5.11 Å². The maximum Gasteiger partial charge on any atom is 0.0772 e. The molecule has 1 saturated heterocycles. The average Bonchev–Trinajstić information content (AvgIpc) is 2.38. The molecule has 20 heavy (non-hydrogen) atoms. The number of anilines is 1. The molecule has 1 aromatic rings. The fourth-order valence-corrected chi connectivity index (χ4v) is 3.64. The highest BCUT2D eigenvalue weighted by molar-refractivity contribution is 9.10. The number of benzene rings is 1. The van der Waals surface area contributed by atoms with Gasteiger partial charge >= 0.3 is 0 Å². The molecule has 1 N–H and O–H groups in total. The smallest absolute Gasteiger partial charge is 0.0772 e. The number of halogens is 1. The first-order valence-corrected chi connectivity index (χ1v) is 8.14. The van der Waals surface area contributed by atoms with E-state index in [2.05, 4.69) is 52.0 Å². The third kappa shape index (κ3) is 3.96. The van der Waals surface area contributed by atoms with Crippen LogP contribution in [0.2, 0.25) is 0 Å². The molecule has 0 saturated carbocycles. The first-order valence-electron chi connectivity index (χ1n) is 7.34. The lowest BCUT2D eigenvalue weighted by Gasteiger charge is -2.35. The highest BCUT2D eigenvalue weighted by Gasteiger charge is 2.20. The third-order valence-electron chi connectivity index (χ3n) is 4.04. The number of hydrogen-bond donors (Lipinski definition) is 1. The van der Waals surface area contributed by atoms with E-state index in [0.29, 0.717) is 0 Å². The molecule has 112 valence electrons. The van der Waals surface area contributed by atoms with E-state index in [9.17, 15) is 5.11 Å². The Hall–Kier alpha value is -0.580. The summed E-state index contributed by atoms with van der Waals surface area (Å²) in [5.41, 5.74) is 2.21. The van der Waals surface area contributed by atoms with Gasteiger partial charge in [0.25, 0.3) is 0 Å². The molecule has 0 bridgehead atoms. The fourth-order valence-electron chi connectivity index (χ4n) is 2.94. The standard InChI is InChI=1S/C16H25BrN2O/c1-12(20)15-5-4-14(10-16(15)17)19-8-6-13(7-9-19)11-18(2)3/h4-5,10,12-13,20H,6-9,11H2,1-3H3. The molecule has 1 fully saturated rings. The van der Waals surface area contributed by atoms with Crippen LogP contribution in [0.5, 0.6) is 0 Å². The summed E-state index contributed by atoms with van der Waals surface area (Å²) in [7, 11) is 4.30. The van der Waals surface area contributed by atoms with Crippen molar-refractivity contribution in [3.8, 4) is 0 Å². The fraction of sp³-hybridized carbons (Fsp3) is 0.625. The van der Waals surface area contributed by atoms with Gasteiger partial charge in [0.2, 0.25) is 0 Å². The average molecular weight is 341 g/mol. The molecule has 4 heteroatoms. The van der Waals surface area contributed by atoms with Gasteiger partial charge in [0, 0.05) is 29.8 Å². The second-order valence-corrected chi connectivity index (χ2v) is 6.93. The monoisotopic (exact) mass is 340 g/mol. The first-order chi connectivity index (χ1) is 9.47. The maximum atomic E-state index is 9.68. The van der Waals surface area contributed by atoms with Crippen LogP contribution in [-0.4, -0.2) is 43.7 Å². The summed E-state index contributed by atoms with van der Waals surface area (Å²) in [5.74, 6) is 0.821. The molecule has 1 aliphatic rings. The summed E-state index contributed by atoms with van der Waals surface area (Å²) in [6.45, 7) is 5.24. The Labute approximate surface area is 130 Å². The van der Waals surface area contributed by atoms with Crippen molar-refractivity contribution in [1.29, 1.82) is 0 Å². The second-order valence-electron chi connectivity index (χ2n) is 6.07. The van der Waals surface area contributed by atoms with Crippen LogP contribution in [0.25, 0.3) is 0 Å². The predicted molar refractivity (Wildman–Crippen MR) is 88.3 cm³/mol. The maximum absolute atomic E-state index is 9.68. The highest BCUT2D eigenvalue weighted by Crippen LogP contribution is 2.30. The van der Waals surface area contributed by atoms with E-state index in [1.54, 1.807) is 6.92 Å². The highest BCUT2D eigenvalue weighted by atomic mass is 79.9. The van der Waals surface area contributed by atoms with E-state index in [0.717, 1.165) is 29.0 Å². The van der Waals surface area contributed by atoms with Crippen LogP contribution >= 0.6 is 15.9 Å². The van der Waals surface area contributed by atoms with E-state index in [1.807, 2.05) is 6.07 Å². The minimum absolute atomic E-state index is 0.427. The zero-order valence-electron chi connectivity index (χ0n) is 12.6. The van der Waals surface area contributed by atoms with E-state index >= 15 is 0 Å². The Morgan fingerprint density at radius 3 is 2.50 bits per heavy atom. The molecule has 0 spiro atoms. The SMILES string of the molecule is CC(O)c1ccc(N2CCC(CN(C)C)CC2)cc1Br. The number of rotatable bonds is 4. The Morgan fingerprint density at radius 1 is 1.35 bits per heavy atom. The van der Waals surface area contributed by atoms with Gasteiger partial charge in [0.05, 0.1) is 6.10 Å². The van der Waals surface area contributed by atoms with Crippen LogP contribution in [0.1, 0.15) is 31.4 Å². The number of hydrogen-bond acceptors (Lipinski definition) is 3. The van der Waals surface area contributed by atoms with E-state index in [4.69, 9.17) is 0 Å². The van der Waals surface area contributed by atoms with Crippen molar-refractivity contribution in [2.75, 3.05) is 38.6 Å². The van der Waals surface area contributed by atoms with Gasteiger partial charge in [-0.05, 0) is 57.5 Å². The number of piperidine rings is 1. The van der Waals surface area contributed by atoms with Gasteiger partial charge in [0.1, 0.15) is 0 Å². The number of aliphatic hydroxyl groups excluding tert-OH is 1. The molecule has 0 aliphatic carbocycles. The van der Waals surface area contributed by atoms with E-state index < -0.39 is 6.10 Å². The molecule has 1 atom stereocenters. The summed E-state index contributed by atoms with van der Waals surface area (Å²) in [6.07, 6.45) is 2.09. The lowest BCUT2D eigenvalue weighted by molar-refractivity contribution is 0.198. The third-order valence-corrected chi connectivity index (χ3v) is 4.72. The molecule has 0 amide bonds. The van der Waals surface area contributed by atoms with Gasteiger partial charge in [0.15, 0.2) is 0 Å². The summed E-state index contributed by atoms with van der Waals surface area (Å²) in [4.78, 5) is 4.73. The Bertz CT molecular complexity index is 440. The summed E-state index contributed by atoms with van der Waals surface area (Å²) < 4.78 is 1.00.